The number of phenols is 1. The zero-order valence-corrected chi connectivity index (χ0v) is 18.0. The largest absolute Gasteiger partial charge is 0.507 e. The third kappa shape index (κ3) is 5.94. The van der Waals surface area contributed by atoms with Gasteiger partial charge in [-0.25, -0.2) is 14.4 Å². The number of hydrogen-bond donors (Lipinski definition) is 4. The van der Waals surface area contributed by atoms with Gasteiger partial charge in [-0.3, -0.25) is 4.79 Å². The van der Waals surface area contributed by atoms with Crippen LogP contribution in [0.5, 0.6) is 11.5 Å². The van der Waals surface area contributed by atoms with E-state index in [1.807, 2.05) is 5.32 Å². The molecule has 2 rings (SSSR count). The molecule has 0 saturated carbocycles. The summed E-state index contributed by atoms with van der Waals surface area (Å²) >= 11 is 1.16. The number of fused-ring (bicyclic) bond motifs is 1. The lowest BCUT2D eigenvalue weighted by atomic mass is 10.0. The summed E-state index contributed by atoms with van der Waals surface area (Å²) in [6.07, 6.45) is -1.51. The Hall–Kier alpha value is -3.15. The van der Waals surface area contributed by atoms with Crippen LogP contribution in [-0.2, 0) is 24.8 Å². The van der Waals surface area contributed by atoms with Gasteiger partial charge in [0, 0.05) is 28.7 Å². The van der Waals surface area contributed by atoms with Crippen LogP contribution >= 0.6 is 11.8 Å². The monoisotopic (exact) mass is 456 g/mol. The van der Waals surface area contributed by atoms with Crippen LogP contribution in [0.3, 0.4) is 0 Å². The molecule has 0 radical (unpaired) electrons. The van der Waals surface area contributed by atoms with Crippen LogP contribution in [0.2, 0.25) is 0 Å². The van der Waals surface area contributed by atoms with Gasteiger partial charge in [0.05, 0.1) is 19.3 Å². The smallest absolute Gasteiger partial charge is 0.405 e. The molecule has 1 aliphatic rings. The van der Waals surface area contributed by atoms with Gasteiger partial charge in [-0.2, -0.15) is 11.8 Å². The Balaban J connectivity index is 2.49. The topological polar surface area (TPSA) is 160 Å². The number of carboxylic acid groups (broad SMARTS) is 1. The van der Waals surface area contributed by atoms with Gasteiger partial charge in [0.2, 0.25) is 5.91 Å². The fourth-order valence-electron chi connectivity index (χ4n) is 2.95. The molecule has 1 heterocycles. The van der Waals surface area contributed by atoms with Crippen LogP contribution in [0.25, 0.3) is 0 Å². The lowest BCUT2D eigenvalue weighted by Gasteiger charge is -2.23. The summed E-state index contributed by atoms with van der Waals surface area (Å²) in [5.41, 5.74) is 0.754. The summed E-state index contributed by atoms with van der Waals surface area (Å²) < 4.78 is 15.4. The van der Waals surface area contributed by atoms with E-state index in [1.54, 1.807) is 13.8 Å². The molecule has 0 bridgehead atoms. The number of hydrogen-bond acceptors (Lipinski definition) is 9. The van der Waals surface area contributed by atoms with Crippen LogP contribution in [-0.4, -0.2) is 72.3 Å². The number of ether oxygens (including phenoxy) is 3. The first-order valence-corrected chi connectivity index (χ1v) is 10.5. The minimum Gasteiger partial charge on any atom is -0.507 e. The highest BCUT2D eigenvalue weighted by molar-refractivity contribution is 7.98. The minimum absolute atomic E-state index is 0.0540. The normalized spacial score (nSPS) is 19.6. The molecule has 11 nitrogen and oxygen atoms in total. The highest BCUT2D eigenvalue weighted by atomic mass is 32.2. The highest BCUT2D eigenvalue weighted by Gasteiger charge is 2.31. The van der Waals surface area contributed by atoms with Crippen molar-refractivity contribution < 1.29 is 43.6 Å². The number of aromatic hydroxyl groups is 1. The number of benzene rings is 1. The number of cyclic esters (lactones) is 1. The molecule has 0 fully saturated rings. The number of thioether (sulfide) groups is 1. The lowest BCUT2D eigenvalue weighted by molar-refractivity contribution is -0.144. The van der Waals surface area contributed by atoms with E-state index in [0.717, 1.165) is 18.9 Å². The molecule has 4 N–H and O–H groups in total. The molecule has 2 atom stereocenters. The van der Waals surface area contributed by atoms with Crippen molar-refractivity contribution in [2.75, 3.05) is 26.1 Å². The lowest BCUT2D eigenvalue weighted by Crippen LogP contribution is -2.54. The summed E-state index contributed by atoms with van der Waals surface area (Å²) in [6, 6.07) is -1.15. The van der Waals surface area contributed by atoms with Gasteiger partial charge in [0.1, 0.15) is 30.2 Å². The Morgan fingerprint density at radius 3 is 2.71 bits per heavy atom. The molecule has 170 valence electrons. The van der Waals surface area contributed by atoms with E-state index in [4.69, 9.17) is 19.3 Å². The Morgan fingerprint density at radius 1 is 1.39 bits per heavy atom. The molecule has 0 aromatic heterocycles. The van der Waals surface area contributed by atoms with Gasteiger partial charge in [-0.15, -0.1) is 0 Å². The van der Waals surface area contributed by atoms with E-state index in [9.17, 15) is 24.3 Å². The molecule has 1 aliphatic heterocycles. The van der Waals surface area contributed by atoms with E-state index in [0.29, 0.717) is 12.2 Å². The molecule has 2 amide bonds. The zero-order valence-electron chi connectivity index (χ0n) is 17.2. The van der Waals surface area contributed by atoms with Crippen molar-refractivity contribution in [1.29, 1.82) is 0 Å². The van der Waals surface area contributed by atoms with Crippen molar-refractivity contribution in [3.8, 4) is 11.5 Å². The number of carbonyl (C=O) groups is 4. The third-order valence-corrected chi connectivity index (χ3v) is 5.52. The minimum atomic E-state index is -1.51. The van der Waals surface area contributed by atoms with Gasteiger partial charge in [0.25, 0.3) is 0 Å². The molecular formula is C19H24N2O9S. The third-order valence-electron chi connectivity index (χ3n) is 4.46. The maximum Gasteiger partial charge on any atom is 0.405 e. The molecule has 0 saturated heterocycles. The van der Waals surface area contributed by atoms with Crippen LogP contribution in [0.1, 0.15) is 28.4 Å². The summed E-state index contributed by atoms with van der Waals surface area (Å²) in [6.45, 7) is 3.04. The summed E-state index contributed by atoms with van der Waals surface area (Å²) in [5, 5.41) is 23.9. The average Bonchev–Trinajstić information content (AvgIpc) is 2.71. The molecule has 1 aromatic carbocycles. The number of esters is 2. The molecule has 12 heteroatoms. The highest BCUT2D eigenvalue weighted by Crippen LogP contribution is 2.36. The van der Waals surface area contributed by atoms with E-state index < -0.39 is 42.6 Å². The molecule has 1 aromatic rings. The maximum absolute atomic E-state index is 12.8. The van der Waals surface area contributed by atoms with Crippen molar-refractivity contribution in [3.05, 3.63) is 22.8 Å². The van der Waals surface area contributed by atoms with Crippen LogP contribution in [0, 0.1) is 6.92 Å². The van der Waals surface area contributed by atoms with E-state index >= 15 is 0 Å². The van der Waals surface area contributed by atoms with E-state index in [1.165, 1.54) is 6.07 Å². The van der Waals surface area contributed by atoms with Crippen molar-refractivity contribution >= 4 is 35.7 Å². The predicted octanol–water partition coefficient (Wildman–Crippen LogP) is 0.797. The number of amides is 2. The summed E-state index contributed by atoms with van der Waals surface area (Å²) in [4.78, 5) is 48.5. The Kier molecular flexibility index (Phi) is 8.37. The maximum atomic E-state index is 12.8. The predicted molar refractivity (Wildman–Crippen MR) is 109 cm³/mol. The van der Waals surface area contributed by atoms with Gasteiger partial charge in [0.15, 0.2) is 0 Å². The quantitative estimate of drug-likeness (QED) is 0.477. The first-order valence-electron chi connectivity index (χ1n) is 9.30. The molecule has 0 spiro atoms. The van der Waals surface area contributed by atoms with Crippen molar-refractivity contribution in [3.63, 3.8) is 0 Å². The second-order valence-electron chi connectivity index (χ2n) is 6.51. The number of nitrogens with one attached hydrogen (secondary N) is 2. The first kappa shape index (κ1) is 24.1. The van der Waals surface area contributed by atoms with Crippen molar-refractivity contribution in [2.45, 2.75) is 31.7 Å². The summed E-state index contributed by atoms with van der Waals surface area (Å²) in [5.74, 6) is -2.14. The van der Waals surface area contributed by atoms with Gasteiger partial charge >= 0.3 is 18.0 Å². The van der Waals surface area contributed by atoms with Gasteiger partial charge in [-0.1, -0.05) is 0 Å². The number of carbonyl (C=O) groups excluding carboxylic acids is 3. The zero-order chi connectivity index (χ0) is 23.1. The van der Waals surface area contributed by atoms with Crippen LogP contribution in [0.4, 0.5) is 4.79 Å². The molecular weight excluding hydrogens is 432 g/mol. The van der Waals surface area contributed by atoms with Crippen molar-refractivity contribution in [2.24, 2.45) is 0 Å². The number of methoxy groups -OCH3 is 1. The number of rotatable bonds is 4. The molecule has 0 unspecified atom stereocenters. The number of phenolic OH excluding ortho intramolecular Hbond substituents is 1. The summed E-state index contributed by atoms with van der Waals surface area (Å²) in [7, 11) is 1.16. The fourth-order valence-corrected chi connectivity index (χ4v) is 4.02. The second kappa shape index (κ2) is 10.8. The van der Waals surface area contributed by atoms with Crippen LogP contribution < -0.4 is 15.4 Å². The first-order chi connectivity index (χ1) is 14.7. The Bertz CT molecular complexity index is 874. The van der Waals surface area contributed by atoms with Crippen molar-refractivity contribution in [1.82, 2.24) is 10.6 Å². The SMILES string of the molecule is CCOc1cc(O)c2c(c1C)C(=O)OC[C@H](NC(=O)O)C(=O)N[C@H](C(=O)OC)CSC2. The van der Waals surface area contributed by atoms with Crippen LogP contribution in [0.15, 0.2) is 6.07 Å². The Labute approximate surface area is 182 Å². The van der Waals surface area contributed by atoms with Gasteiger partial charge in [-0.05, 0) is 13.8 Å². The molecule has 0 aliphatic carbocycles. The fraction of sp³-hybridized carbons (Fsp3) is 0.474. The average molecular weight is 456 g/mol. The standard InChI is InChI=1S/C19H24N2O9S/c1-4-29-14-5-13(22)10-7-31-8-12(17(24)28-3)20-16(23)11(21-19(26)27)6-30-18(25)15(10)9(14)2/h5,11-12,21-22H,4,6-8H2,1-3H3,(H,20,23)(H,26,27)/t11-,12-/m0/s1. The molecule has 31 heavy (non-hydrogen) atoms. The van der Waals surface area contributed by atoms with E-state index in [-0.39, 0.29) is 34.1 Å². The van der Waals surface area contributed by atoms with E-state index in [2.05, 4.69) is 5.32 Å². The Morgan fingerprint density at radius 2 is 2.10 bits per heavy atom. The second-order valence-corrected chi connectivity index (χ2v) is 7.54. The van der Waals surface area contributed by atoms with Gasteiger partial charge < -0.3 is 35.1 Å².